The fourth-order valence-electron chi connectivity index (χ4n) is 2.14. The summed E-state index contributed by atoms with van der Waals surface area (Å²) in [4.78, 5) is 18.2. The molecule has 6 nitrogen and oxygen atoms in total. The van der Waals surface area contributed by atoms with Crippen LogP contribution < -0.4 is 0 Å². The van der Waals surface area contributed by atoms with Crippen LogP contribution in [0.4, 0.5) is 0 Å². The van der Waals surface area contributed by atoms with E-state index < -0.39 is 0 Å². The highest BCUT2D eigenvalue weighted by Crippen LogP contribution is 2.14. The number of nitrogens with zero attached hydrogens (tertiary/aromatic N) is 3. The van der Waals surface area contributed by atoms with Gasteiger partial charge in [-0.25, -0.2) is 4.98 Å². The molecule has 0 bridgehead atoms. The van der Waals surface area contributed by atoms with Crippen molar-refractivity contribution in [2.45, 2.75) is 38.6 Å². The van der Waals surface area contributed by atoms with E-state index in [2.05, 4.69) is 22.1 Å². The van der Waals surface area contributed by atoms with Crippen LogP contribution in [0.15, 0.2) is 0 Å². The molecule has 6 heteroatoms. The second-order valence-corrected chi connectivity index (χ2v) is 4.62. The van der Waals surface area contributed by atoms with Gasteiger partial charge in [-0.05, 0) is 19.3 Å². The first-order chi connectivity index (χ1) is 8.72. The lowest BCUT2D eigenvalue weighted by atomic mass is 10.1. The van der Waals surface area contributed by atoms with Crippen molar-refractivity contribution in [2.75, 3.05) is 20.3 Å². The molecule has 100 valence electrons. The lowest BCUT2D eigenvalue weighted by Gasteiger charge is -2.30. The SMILES string of the molecule is CCCc1nc(C(=O)N(C)C2CCOCC2)n[nH]1. The Kier molecular flexibility index (Phi) is 4.30. The molecule has 0 unspecified atom stereocenters. The van der Waals surface area contributed by atoms with Gasteiger partial charge in [0.15, 0.2) is 0 Å². The van der Waals surface area contributed by atoms with Gasteiger partial charge in [0.25, 0.3) is 5.91 Å². The molecule has 2 heterocycles. The van der Waals surface area contributed by atoms with Gasteiger partial charge in [-0.2, -0.15) is 0 Å². The standard InChI is InChI=1S/C12H20N4O2/c1-3-4-10-13-11(15-14-10)12(17)16(2)9-5-7-18-8-6-9/h9H,3-8H2,1-2H3,(H,13,14,15). The topological polar surface area (TPSA) is 71.1 Å². The van der Waals surface area contributed by atoms with E-state index in [4.69, 9.17) is 4.74 Å². The third-order valence-electron chi connectivity index (χ3n) is 3.27. The molecule has 1 N–H and O–H groups in total. The van der Waals surface area contributed by atoms with Gasteiger partial charge < -0.3 is 9.64 Å². The third-order valence-corrected chi connectivity index (χ3v) is 3.27. The van der Waals surface area contributed by atoms with E-state index in [1.807, 2.05) is 7.05 Å². The van der Waals surface area contributed by atoms with Crippen molar-refractivity contribution in [3.8, 4) is 0 Å². The molecule has 0 spiro atoms. The quantitative estimate of drug-likeness (QED) is 0.868. The summed E-state index contributed by atoms with van der Waals surface area (Å²) in [6.45, 7) is 3.51. The second-order valence-electron chi connectivity index (χ2n) is 4.62. The summed E-state index contributed by atoms with van der Waals surface area (Å²) in [6.07, 6.45) is 3.57. The number of aromatic nitrogens is 3. The highest BCUT2D eigenvalue weighted by Gasteiger charge is 2.25. The van der Waals surface area contributed by atoms with Crippen molar-refractivity contribution in [3.05, 3.63) is 11.6 Å². The number of carbonyl (C=O) groups is 1. The van der Waals surface area contributed by atoms with Crippen molar-refractivity contribution in [1.82, 2.24) is 20.1 Å². The molecule has 1 aliphatic heterocycles. The van der Waals surface area contributed by atoms with Crippen molar-refractivity contribution < 1.29 is 9.53 Å². The van der Waals surface area contributed by atoms with Crippen molar-refractivity contribution >= 4 is 5.91 Å². The molecule has 1 amide bonds. The minimum absolute atomic E-state index is 0.111. The number of nitrogens with one attached hydrogen (secondary N) is 1. The lowest BCUT2D eigenvalue weighted by molar-refractivity contribution is 0.0355. The highest BCUT2D eigenvalue weighted by molar-refractivity contribution is 5.90. The molecule has 1 aromatic rings. The van der Waals surface area contributed by atoms with E-state index in [9.17, 15) is 4.79 Å². The van der Waals surface area contributed by atoms with Gasteiger partial charge in [-0.15, -0.1) is 5.10 Å². The summed E-state index contributed by atoms with van der Waals surface area (Å²) >= 11 is 0. The molecule has 0 aliphatic carbocycles. The third kappa shape index (κ3) is 2.87. The number of amides is 1. The number of rotatable bonds is 4. The number of hydrogen-bond acceptors (Lipinski definition) is 4. The normalized spacial score (nSPS) is 16.8. The minimum atomic E-state index is -0.111. The zero-order chi connectivity index (χ0) is 13.0. The number of carbonyl (C=O) groups excluding carboxylic acids is 1. The van der Waals surface area contributed by atoms with Crippen LogP contribution in [0.5, 0.6) is 0 Å². The van der Waals surface area contributed by atoms with Gasteiger partial charge in [0, 0.05) is 32.7 Å². The van der Waals surface area contributed by atoms with E-state index in [-0.39, 0.29) is 17.8 Å². The van der Waals surface area contributed by atoms with Crippen LogP contribution in [0, 0.1) is 0 Å². The molecule has 1 saturated heterocycles. The Balaban J connectivity index is 2.00. The zero-order valence-corrected chi connectivity index (χ0v) is 11.0. The smallest absolute Gasteiger partial charge is 0.293 e. The molecule has 0 saturated carbocycles. The number of ether oxygens (including phenoxy) is 1. The van der Waals surface area contributed by atoms with Gasteiger partial charge >= 0.3 is 0 Å². The van der Waals surface area contributed by atoms with E-state index in [0.29, 0.717) is 0 Å². The van der Waals surface area contributed by atoms with Gasteiger partial charge in [0.2, 0.25) is 5.82 Å². The average Bonchev–Trinajstić information content (AvgIpc) is 2.87. The first kappa shape index (κ1) is 13.0. The Morgan fingerprint density at radius 3 is 2.89 bits per heavy atom. The summed E-state index contributed by atoms with van der Waals surface area (Å²) in [5.74, 6) is 0.939. The lowest BCUT2D eigenvalue weighted by Crippen LogP contribution is -2.41. The molecule has 1 aromatic heterocycles. The van der Waals surface area contributed by atoms with Crippen LogP contribution >= 0.6 is 0 Å². The Bertz CT molecular complexity index is 399. The maximum atomic E-state index is 12.2. The molecule has 18 heavy (non-hydrogen) atoms. The summed E-state index contributed by atoms with van der Waals surface area (Å²) in [7, 11) is 1.81. The maximum absolute atomic E-state index is 12.2. The predicted octanol–water partition coefficient (Wildman–Crippen LogP) is 1.01. The number of aromatic amines is 1. The van der Waals surface area contributed by atoms with Crippen molar-refractivity contribution in [2.24, 2.45) is 0 Å². The Morgan fingerprint density at radius 1 is 1.50 bits per heavy atom. The second kappa shape index (κ2) is 5.95. The van der Waals surface area contributed by atoms with Crippen molar-refractivity contribution in [1.29, 1.82) is 0 Å². The fourth-order valence-corrected chi connectivity index (χ4v) is 2.14. The Morgan fingerprint density at radius 2 is 2.22 bits per heavy atom. The van der Waals surface area contributed by atoms with Gasteiger partial charge in [0.05, 0.1) is 0 Å². The summed E-state index contributed by atoms with van der Waals surface area (Å²) < 4.78 is 5.30. The largest absolute Gasteiger partial charge is 0.381 e. The molecule has 0 aromatic carbocycles. The van der Waals surface area contributed by atoms with Crippen LogP contribution in [-0.2, 0) is 11.2 Å². The summed E-state index contributed by atoms with van der Waals surface area (Å²) in [5, 5.41) is 6.80. The minimum Gasteiger partial charge on any atom is -0.381 e. The number of hydrogen-bond donors (Lipinski definition) is 1. The predicted molar refractivity (Wildman–Crippen MR) is 66.3 cm³/mol. The van der Waals surface area contributed by atoms with E-state index in [1.54, 1.807) is 4.90 Å². The first-order valence-corrected chi connectivity index (χ1v) is 6.48. The molecular weight excluding hydrogens is 232 g/mol. The number of H-pyrrole nitrogens is 1. The highest BCUT2D eigenvalue weighted by atomic mass is 16.5. The van der Waals surface area contributed by atoms with E-state index in [1.165, 1.54) is 0 Å². The van der Waals surface area contributed by atoms with Gasteiger partial charge in [-0.3, -0.25) is 9.89 Å². The molecule has 0 radical (unpaired) electrons. The molecule has 1 aliphatic rings. The number of aryl methyl sites for hydroxylation is 1. The first-order valence-electron chi connectivity index (χ1n) is 6.48. The maximum Gasteiger partial charge on any atom is 0.293 e. The van der Waals surface area contributed by atoms with Crippen LogP contribution in [0.2, 0.25) is 0 Å². The summed E-state index contributed by atoms with van der Waals surface area (Å²) in [5.41, 5.74) is 0. The van der Waals surface area contributed by atoms with E-state index >= 15 is 0 Å². The monoisotopic (exact) mass is 252 g/mol. The van der Waals surface area contributed by atoms with Crippen molar-refractivity contribution in [3.63, 3.8) is 0 Å². The van der Waals surface area contributed by atoms with Gasteiger partial charge in [-0.1, -0.05) is 6.92 Å². The van der Waals surface area contributed by atoms with Crippen LogP contribution in [0.25, 0.3) is 0 Å². The van der Waals surface area contributed by atoms with Crippen LogP contribution in [0.3, 0.4) is 0 Å². The Hall–Kier alpha value is -1.43. The van der Waals surface area contributed by atoms with Crippen LogP contribution in [0.1, 0.15) is 42.6 Å². The molecule has 0 atom stereocenters. The van der Waals surface area contributed by atoms with E-state index in [0.717, 1.165) is 44.7 Å². The summed E-state index contributed by atoms with van der Waals surface area (Å²) in [6, 6.07) is 0.236. The fraction of sp³-hybridized carbons (Fsp3) is 0.750. The average molecular weight is 252 g/mol. The Labute approximate surface area is 107 Å². The molecule has 2 rings (SSSR count). The van der Waals surface area contributed by atoms with Crippen LogP contribution in [-0.4, -0.2) is 52.3 Å². The molecule has 1 fully saturated rings. The molecular formula is C12H20N4O2. The zero-order valence-electron chi connectivity index (χ0n) is 11.0. The van der Waals surface area contributed by atoms with Gasteiger partial charge in [0.1, 0.15) is 5.82 Å².